The third-order valence-corrected chi connectivity index (χ3v) is 3.33. The maximum Gasteiger partial charge on any atom is 0.303 e. The van der Waals surface area contributed by atoms with Crippen molar-refractivity contribution < 1.29 is 9.90 Å². The number of aryl methyl sites for hydroxylation is 2. The second-order valence-corrected chi connectivity index (χ2v) is 5.01. The van der Waals surface area contributed by atoms with Crippen molar-refractivity contribution in [3.05, 3.63) is 34.6 Å². The minimum absolute atomic E-state index is 0.0986. The lowest BCUT2D eigenvalue weighted by Gasteiger charge is -1.97. The third kappa shape index (κ3) is 2.06. The zero-order valence-electron chi connectivity index (χ0n) is 10.3. The first-order chi connectivity index (χ1) is 9.04. The van der Waals surface area contributed by atoms with Gasteiger partial charge in [0.05, 0.1) is 17.5 Å². The molecule has 0 saturated carbocycles. The van der Waals surface area contributed by atoms with Crippen LogP contribution in [0.3, 0.4) is 0 Å². The molecule has 0 aliphatic rings. The molecular formula is C13H12ClN3O2. The van der Waals surface area contributed by atoms with Crippen molar-refractivity contribution in [1.29, 1.82) is 0 Å². The highest BCUT2D eigenvalue weighted by Crippen LogP contribution is 2.24. The van der Waals surface area contributed by atoms with E-state index in [1.54, 1.807) is 0 Å². The smallest absolute Gasteiger partial charge is 0.303 e. The van der Waals surface area contributed by atoms with Crippen molar-refractivity contribution in [2.45, 2.75) is 19.8 Å². The van der Waals surface area contributed by atoms with E-state index in [1.807, 2.05) is 29.7 Å². The van der Waals surface area contributed by atoms with Crippen LogP contribution < -0.4 is 0 Å². The first-order valence-corrected chi connectivity index (χ1v) is 6.30. The standard InChI is InChI=1S/C13H12ClN3O2/c1-7-4-8(14)5-10-12(7)16-13-15-9(6-17(10)13)2-3-11(18)19/h4-6H,2-3H2,1H3,(H,15,16)(H,18,19). The predicted octanol–water partition coefficient (Wildman–Crippen LogP) is 2.79. The predicted molar refractivity (Wildman–Crippen MR) is 72.8 cm³/mol. The van der Waals surface area contributed by atoms with Crippen molar-refractivity contribution in [3.63, 3.8) is 0 Å². The Bertz CT molecular complexity index is 788. The largest absolute Gasteiger partial charge is 0.481 e. The Morgan fingerprint density at radius 3 is 3.05 bits per heavy atom. The van der Waals surface area contributed by atoms with Gasteiger partial charge < -0.3 is 10.1 Å². The number of nitrogens with zero attached hydrogens (tertiary/aromatic N) is 2. The van der Waals surface area contributed by atoms with E-state index in [9.17, 15) is 4.79 Å². The van der Waals surface area contributed by atoms with Crippen molar-refractivity contribution >= 4 is 34.4 Å². The maximum absolute atomic E-state index is 10.6. The summed E-state index contributed by atoms with van der Waals surface area (Å²) >= 11 is 6.06. The molecule has 5 nitrogen and oxygen atoms in total. The molecule has 19 heavy (non-hydrogen) atoms. The molecule has 0 atom stereocenters. The molecule has 0 amide bonds. The average Bonchev–Trinajstić information content (AvgIpc) is 2.85. The van der Waals surface area contributed by atoms with E-state index in [4.69, 9.17) is 16.7 Å². The van der Waals surface area contributed by atoms with E-state index in [-0.39, 0.29) is 6.42 Å². The summed E-state index contributed by atoms with van der Waals surface area (Å²) in [6, 6.07) is 3.74. The Kier molecular flexibility index (Phi) is 2.71. The molecule has 0 fully saturated rings. The lowest BCUT2D eigenvalue weighted by molar-refractivity contribution is -0.136. The average molecular weight is 278 g/mol. The van der Waals surface area contributed by atoms with E-state index in [0.717, 1.165) is 22.3 Å². The second-order valence-electron chi connectivity index (χ2n) is 4.57. The van der Waals surface area contributed by atoms with Gasteiger partial charge in [-0.05, 0) is 31.0 Å². The first kappa shape index (κ1) is 12.0. The summed E-state index contributed by atoms with van der Waals surface area (Å²) in [4.78, 5) is 18.2. The number of hydrogen-bond donors (Lipinski definition) is 2. The van der Waals surface area contributed by atoms with Gasteiger partial charge in [-0.25, -0.2) is 4.98 Å². The van der Waals surface area contributed by atoms with E-state index >= 15 is 0 Å². The summed E-state index contributed by atoms with van der Waals surface area (Å²) in [5.74, 6) is -0.100. The maximum atomic E-state index is 10.6. The number of carbonyl (C=O) groups is 1. The molecule has 3 aromatic rings. The number of halogens is 1. The fourth-order valence-electron chi connectivity index (χ4n) is 2.24. The summed E-state index contributed by atoms with van der Waals surface area (Å²) in [5.41, 5.74) is 3.70. The summed E-state index contributed by atoms with van der Waals surface area (Å²) in [6.07, 6.45) is 2.44. The SMILES string of the molecule is Cc1cc(Cl)cc2c1nc1[nH]c(CCC(=O)O)cn12. The van der Waals surface area contributed by atoms with E-state index in [1.165, 1.54) is 0 Å². The van der Waals surface area contributed by atoms with Gasteiger partial charge in [-0.2, -0.15) is 0 Å². The summed E-state index contributed by atoms with van der Waals surface area (Å²) in [6.45, 7) is 1.96. The number of rotatable bonds is 3. The zero-order valence-corrected chi connectivity index (χ0v) is 11.0. The van der Waals surface area contributed by atoms with Gasteiger partial charge in [0.25, 0.3) is 0 Å². The lowest BCUT2D eigenvalue weighted by atomic mass is 10.2. The molecule has 2 N–H and O–H groups in total. The molecule has 0 aliphatic heterocycles. The number of aromatic amines is 1. The molecule has 6 heteroatoms. The van der Waals surface area contributed by atoms with Crippen LogP contribution in [0.1, 0.15) is 17.7 Å². The van der Waals surface area contributed by atoms with Crippen LogP contribution >= 0.6 is 11.6 Å². The third-order valence-electron chi connectivity index (χ3n) is 3.12. The lowest BCUT2D eigenvalue weighted by Crippen LogP contribution is -1.97. The van der Waals surface area contributed by atoms with Gasteiger partial charge in [-0.15, -0.1) is 0 Å². The van der Waals surface area contributed by atoms with Gasteiger partial charge in [0.2, 0.25) is 5.78 Å². The number of hydrogen-bond acceptors (Lipinski definition) is 2. The number of H-pyrrole nitrogens is 1. The van der Waals surface area contributed by atoms with Crippen molar-refractivity contribution in [2.75, 3.05) is 0 Å². The van der Waals surface area contributed by atoms with Crippen LogP contribution in [-0.4, -0.2) is 25.4 Å². The van der Waals surface area contributed by atoms with Crippen LogP contribution in [0.25, 0.3) is 16.8 Å². The highest BCUT2D eigenvalue weighted by molar-refractivity contribution is 6.31. The highest BCUT2D eigenvalue weighted by atomic mass is 35.5. The van der Waals surface area contributed by atoms with Gasteiger partial charge in [-0.3, -0.25) is 9.20 Å². The van der Waals surface area contributed by atoms with Gasteiger partial charge in [0, 0.05) is 16.9 Å². The molecular weight excluding hydrogens is 266 g/mol. The molecule has 0 bridgehead atoms. The van der Waals surface area contributed by atoms with Crippen molar-refractivity contribution in [2.24, 2.45) is 0 Å². The molecule has 0 unspecified atom stereocenters. The fourth-order valence-corrected chi connectivity index (χ4v) is 2.51. The number of fused-ring (bicyclic) bond motifs is 3. The quantitative estimate of drug-likeness (QED) is 0.773. The van der Waals surface area contributed by atoms with Crippen molar-refractivity contribution in [1.82, 2.24) is 14.4 Å². The number of aromatic nitrogens is 3. The van der Waals surface area contributed by atoms with E-state index in [2.05, 4.69) is 9.97 Å². The summed E-state index contributed by atoms with van der Waals surface area (Å²) in [7, 11) is 0. The number of carboxylic acid groups (broad SMARTS) is 1. The Morgan fingerprint density at radius 1 is 1.53 bits per heavy atom. The molecule has 0 radical (unpaired) electrons. The van der Waals surface area contributed by atoms with E-state index < -0.39 is 5.97 Å². The van der Waals surface area contributed by atoms with Gasteiger partial charge >= 0.3 is 5.97 Å². The van der Waals surface area contributed by atoms with Crippen LogP contribution in [0, 0.1) is 6.92 Å². The van der Waals surface area contributed by atoms with Crippen LogP contribution in [0.5, 0.6) is 0 Å². The van der Waals surface area contributed by atoms with Crippen molar-refractivity contribution in [3.8, 4) is 0 Å². The van der Waals surface area contributed by atoms with Gasteiger partial charge in [0.1, 0.15) is 0 Å². The topological polar surface area (TPSA) is 70.4 Å². The minimum atomic E-state index is -0.809. The number of benzene rings is 1. The normalized spacial score (nSPS) is 11.5. The molecule has 0 saturated heterocycles. The van der Waals surface area contributed by atoms with Gasteiger partial charge in [-0.1, -0.05) is 11.6 Å². The minimum Gasteiger partial charge on any atom is -0.481 e. The zero-order chi connectivity index (χ0) is 13.6. The van der Waals surface area contributed by atoms with Crippen LogP contribution in [-0.2, 0) is 11.2 Å². The molecule has 2 heterocycles. The molecule has 0 spiro atoms. The number of nitrogens with one attached hydrogen (secondary N) is 1. The van der Waals surface area contributed by atoms with Crippen LogP contribution in [0.2, 0.25) is 5.02 Å². The molecule has 1 aromatic carbocycles. The number of imidazole rings is 2. The number of carboxylic acids is 1. The molecule has 0 aliphatic carbocycles. The monoisotopic (exact) mass is 277 g/mol. The molecule has 98 valence electrons. The van der Waals surface area contributed by atoms with E-state index in [0.29, 0.717) is 17.2 Å². The second kappa shape index (κ2) is 4.28. The van der Waals surface area contributed by atoms with Crippen LogP contribution in [0.15, 0.2) is 18.3 Å². The first-order valence-electron chi connectivity index (χ1n) is 5.92. The fraction of sp³-hybridized carbons (Fsp3) is 0.231. The summed E-state index contributed by atoms with van der Waals surface area (Å²) in [5, 5.41) is 9.36. The van der Waals surface area contributed by atoms with Gasteiger partial charge in [0.15, 0.2) is 0 Å². The summed E-state index contributed by atoms with van der Waals surface area (Å²) < 4.78 is 1.91. The number of aliphatic carboxylic acids is 1. The molecule has 2 aromatic heterocycles. The molecule has 3 rings (SSSR count). The Labute approximate surface area is 113 Å². The highest BCUT2D eigenvalue weighted by Gasteiger charge is 2.11. The Balaban J connectivity index is 2.11. The Hall–Kier alpha value is -2.01. The van der Waals surface area contributed by atoms with Crippen LogP contribution in [0.4, 0.5) is 0 Å². The Morgan fingerprint density at radius 2 is 2.32 bits per heavy atom.